The average molecular weight is 667 g/mol. The van der Waals surface area contributed by atoms with Gasteiger partial charge in [-0.25, -0.2) is 13.4 Å². The molecule has 3 N–H and O–H groups in total. The number of benzene rings is 3. The second-order valence-corrected chi connectivity index (χ2v) is 14.3. The Morgan fingerprint density at radius 2 is 1.47 bits per heavy atom. The summed E-state index contributed by atoms with van der Waals surface area (Å²) in [4.78, 5) is 27.2. The van der Waals surface area contributed by atoms with E-state index in [4.69, 9.17) is 4.74 Å². The van der Waals surface area contributed by atoms with Crippen LogP contribution in [0, 0.1) is 11.8 Å². The number of hydrogen-bond acceptors (Lipinski definition) is 7. The van der Waals surface area contributed by atoms with Crippen LogP contribution in [0.25, 0.3) is 0 Å². The fourth-order valence-electron chi connectivity index (χ4n) is 5.12. The van der Waals surface area contributed by atoms with Gasteiger partial charge in [0.05, 0.1) is 30.7 Å². The highest BCUT2D eigenvalue weighted by Gasteiger charge is 2.36. The molecule has 256 valence electrons. The van der Waals surface area contributed by atoms with Crippen LogP contribution >= 0.6 is 0 Å². The van der Waals surface area contributed by atoms with Gasteiger partial charge in [0, 0.05) is 26.1 Å². The van der Waals surface area contributed by atoms with Crippen molar-refractivity contribution in [1.29, 1.82) is 0 Å². The Labute approximate surface area is 280 Å². The number of ether oxygens (including phenoxy) is 1. The van der Waals surface area contributed by atoms with E-state index in [2.05, 4.69) is 10.7 Å². The van der Waals surface area contributed by atoms with E-state index in [1.54, 1.807) is 12.1 Å². The second-order valence-electron chi connectivity index (χ2n) is 12.3. The minimum Gasteiger partial charge on any atom is -0.497 e. The Kier molecular flexibility index (Phi) is 14.9. The van der Waals surface area contributed by atoms with E-state index in [1.165, 1.54) is 28.6 Å². The Bertz CT molecular complexity index is 1490. The number of aliphatic hydroxyl groups excluding tert-OH is 1. The molecule has 47 heavy (non-hydrogen) atoms. The van der Waals surface area contributed by atoms with E-state index >= 15 is 0 Å². The molecule has 0 spiro atoms. The van der Waals surface area contributed by atoms with Crippen LogP contribution < -0.4 is 15.5 Å². The zero-order valence-corrected chi connectivity index (χ0v) is 28.9. The number of methoxy groups -OCH3 is 1. The molecule has 0 aliphatic rings. The number of sulfonamides is 1. The molecule has 3 aromatic rings. The summed E-state index contributed by atoms with van der Waals surface area (Å²) >= 11 is 0. The van der Waals surface area contributed by atoms with E-state index in [9.17, 15) is 23.1 Å². The van der Waals surface area contributed by atoms with Crippen LogP contribution in [0.15, 0.2) is 89.8 Å². The van der Waals surface area contributed by atoms with Crippen LogP contribution in [0.3, 0.4) is 0 Å². The standard InChI is InChI=1S/C36H50N4O6S/c1-6-28(4)21-36(43)40(38-35(42)24-37-23-30-15-11-8-12-16-30)33(22-29-13-9-7-10-14-29)34(41)26-39(25-27(2)3)47(44,45)32-19-17-31(46-5)18-20-32/h7-20,27-28,33-34,37,41H,6,21-26H2,1-5H3,(H,38,42)/t28-,33?,34+/m0/s1. The molecule has 3 rings (SSSR count). The van der Waals surface area contributed by atoms with Gasteiger partial charge in [0.1, 0.15) is 5.75 Å². The molecule has 0 aromatic heterocycles. The molecule has 0 aliphatic carbocycles. The van der Waals surface area contributed by atoms with E-state index in [1.807, 2.05) is 88.4 Å². The summed E-state index contributed by atoms with van der Waals surface area (Å²) in [6.07, 6.45) is -0.267. The van der Waals surface area contributed by atoms with Crippen molar-refractivity contribution in [1.82, 2.24) is 20.1 Å². The fraction of sp³-hybridized carbons (Fsp3) is 0.444. The van der Waals surface area contributed by atoms with Gasteiger partial charge in [0.15, 0.2) is 0 Å². The lowest BCUT2D eigenvalue weighted by atomic mass is 9.98. The molecule has 10 nitrogen and oxygen atoms in total. The first-order valence-electron chi connectivity index (χ1n) is 16.2. The molecule has 0 heterocycles. The fourth-order valence-corrected chi connectivity index (χ4v) is 6.74. The van der Waals surface area contributed by atoms with Crippen LogP contribution in [-0.4, -0.2) is 73.5 Å². The molecule has 3 aromatic carbocycles. The Morgan fingerprint density at radius 1 is 0.872 bits per heavy atom. The highest BCUT2D eigenvalue weighted by molar-refractivity contribution is 7.89. The third-order valence-electron chi connectivity index (χ3n) is 7.91. The first kappa shape index (κ1) is 37.7. The Morgan fingerprint density at radius 3 is 2.02 bits per heavy atom. The molecular formula is C36H50N4O6S. The predicted octanol–water partition coefficient (Wildman–Crippen LogP) is 4.40. The summed E-state index contributed by atoms with van der Waals surface area (Å²) in [6.45, 7) is 7.97. The van der Waals surface area contributed by atoms with E-state index < -0.39 is 28.1 Å². The summed E-state index contributed by atoms with van der Waals surface area (Å²) in [6, 6.07) is 24.1. The topological polar surface area (TPSA) is 128 Å². The number of nitrogens with zero attached hydrogens (tertiary/aromatic N) is 2. The van der Waals surface area contributed by atoms with E-state index in [0.29, 0.717) is 12.3 Å². The van der Waals surface area contributed by atoms with Crippen molar-refractivity contribution in [2.75, 3.05) is 26.7 Å². The minimum absolute atomic E-state index is 0.0283. The number of hydrogen-bond donors (Lipinski definition) is 3. The number of amides is 2. The SMILES string of the molecule is CC[C@H](C)CC(=O)N(NC(=O)CNCc1ccccc1)C(Cc1ccccc1)[C@H](O)CN(CC(C)C)S(=O)(=O)c1ccc(OC)cc1. The lowest BCUT2D eigenvalue weighted by Crippen LogP contribution is -2.60. The molecule has 3 atom stereocenters. The Balaban J connectivity index is 1.94. The number of carbonyl (C=O) groups is 2. The van der Waals surface area contributed by atoms with Crippen molar-refractivity contribution in [3.8, 4) is 5.75 Å². The zero-order chi connectivity index (χ0) is 34.4. The lowest BCUT2D eigenvalue weighted by Gasteiger charge is -2.37. The Hall–Kier alpha value is -3.77. The van der Waals surface area contributed by atoms with Crippen molar-refractivity contribution in [3.63, 3.8) is 0 Å². The number of aliphatic hydroxyl groups is 1. The van der Waals surface area contributed by atoms with Gasteiger partial charge < -0.3 is 15.2 Å². The quantitative estimate of drug-likeness (QED) is 0.172. The van der Waals surface area contributed by atoms with Crippen LogP contribution in [0.2, 0.25) is 0 Å². The average Bonchev–Trinajstić information content (AvgIpc) is 3.06. The summed E-state index contributed by atoms with van der Waals surface area (Å²) in [5, 5.41) is 16.2. The van der Waals surface area contributed by atoms with Crippen LogP contribution in [-0.2, 0) is 32.6 Å². The summed E-state index contributed by atoms with van der Waals surface area (Å²) in [5.41, 5.74) is 4.60. The molecule has 0 fully saturated rings. The third kappa shape index (κ3) is 11.8. The van der Waals surface area contributed by atoms with Gasteiger partial charge >= 0.3 is 0 Å². The molecule has 0 saturated carbocycles. The summed E-state index contributed by atoms with van der Waals surface area (Å²) in [7, 11) is -2.53. The van der Waals surface area contributed by atoms with Crippen molar-refractivity contribution in [2.45, 2.75) is 70.5 Å². The summed E-state index contributed by atoms with van der Waals surface area (Å²) < 4.78 is 34.3. The highest BCUT2D eigenvalue weighted by Crippen LogP contribution is 2.23. The lowest BCUT2D eigenvalue weighted by molar-refractivity contribution is -0.148. The molecular weight excluding hydrogens is 616 g/mol. The van der Waals surface area contributed by atoms with Gasteiger partial charge in [-0.3, -0.25) is 15.0 Å². The minimum atomic E-state index is -4.04. The molecule has 0 radical (unpaired) electrons. The maximum absolute atomic E-state index is 13.9. The van der Waals surface area contributed by atoms with E-state index in [-0.39, 0.29) is 55.1 Å². The van der Waals surface area contributed by atoms with E-state index in [0.717, 1.165) is 17.5 Å². The van der Waals surface area contributed by atoms with Crippen molar-refractivity contribution < 1.29 is 27.9 Å². The first-order valence-corrected chi connectivity index (χ1v) is 17.6. The second kappa shape index (κ2) is 18.5. The zero-order valence-electron chi connectivity index (χ0n) is 28.1. The predicted molar refractivity (Wildman–Crippen MR) is 184 cm³/mol. The smallest absolute Gasteiger partial charge is 0.252 e. The van der Waals surface area contributed by atoms with Gasteiger partial charge in [-0.15, -0.1) is 0 Å². The largest absolute Gasteiger partial charge is 0.497 e. The van der Waals surface area contributed by atoms with Gasteiger partial charge in [-0.2, -0.15) is 4.31 Å². The normalized spacial score (nSPS) is 13.6. The molecule has 0 aliphatic heterocycles. The first-order chi connectivity index (χ1) is 22.4. The molecule has 0 bridgehead atoms. The van der Waals surface area contributed by atoms with Crippen molar-refractivity contribution in [3.05, 3.63) is 96.1 Å². The van der Waals surface area contributed by atoms with Crippen LogP contribution in [0.4, 0.5) is 0 Å². The van der Waals surface area contributed by atoms with Gasteiger partial charge in [-0.1, -0.05) is 94.8 Å². The monoisotopic (exact) mass is 666 g/mol. The molecule has 0 saturated heterocycles. The van der Waals surface area contributed by atoms with Crippen LogP contribution in [0.5, 0.6) is 5.75 Å². The number of hydrazine groups is 1. The number of nitrogens with one attached hydrogen (secondary N) is 2. The summed E-state index contributed by atoms with van der Waals surface area (Å²) in [5.74, 6) is -0.314. The van der Waals surface area contributed by atoms with Gasteiger partial charge in [-0.05, 0) is 53.6 Å². The maximum Gasteiger partial charge on any atom is 0.252 e. The molecule has 1 unspecified atom stereocenters. The van der Waals surface area contributed by atoms with Crippen molar-refractivity contribution in [2.24, 2.45) is 11.8 Å². The van der Waals surface area contributed by atoms with Crippen molar-refractivity contribution >= 4 is 21.8 Å². The maximum atomic E-state index is 13.9. The molecule has 11 heteroatoms. The molecule has 2 amide bonds. The van der Waals surface area contributed by atoms with Crippen LogP contribution in [0.1, 0.15) is 51.7 Å². The number of rotatable bonds is 18. The highest BCUT2D eigenvalue weighted by atomic mass is 32.2. The third-order valence-corrected chi connectivity index (χ3v) is 9.76. The van der Waals surface area contributed by atoms with Gasteiger partial charge in [0.25, 0.3) is 5.91 Å². The number of carbonyl (C=O) groups excluding carboxylic acids is 2. The van der Waals surface area contributed by atoms with Gasteiger partial charge in [0.2, 0.25) is 15.9 Å².